The summed E-state index contributed by atoms with van der Waals surface area (Å²) in [7, 11) is 1.78. The smallest absolute Gasteiger partial charge is 0.327 e. The average Bonchev–Trinajstić information content (AvgIpc) is 3.10. The second kappa shape index (κ2) is 7.20. The highest BCUT2D eigenvalue weighted by molar-refractivity contribution is 8.26. The Morgan fingerprint density at radius 2 is 2.12 bits per heavy atom. The van der Waals surface area contributed by atoms with Crippen LogP contribution in [0.5, 0.6) is 0 Å². The second-order valence-corrected chi connectivity index (χ2v) is 7.22. The van der Waals surface area contributed by atoms with Crippen molar-refractivity contribution in [3.05, 3.63) is 58.8 Å². The van der Waals surface area contributed by atoms with Crippen LogP contribution in [0.25, 0.3) is 6.08 Å². The first kappa shape index (κ1) is 17.4. The molecule has 8 heteroatoms. The van der Waals surface area contributed by atoms with Gasteiger partial charge in [0, 0.05) is 25.2 Å². The van der Waals surface area contributed by atoms with Gasteiger partial charge in [0.2, 0.25) is 0 Å². The van der Waals surface area contributed by atoms with E-state index in [0.29, 0.717) is 4.91 Å². The highest BCUT2D eigenvalue weighted by Gasteiger charge is 2.40. The minimum Gasteiger partial charge on any atom is -0.480 e. The molecule has 3 rings (SSSR count). The van der Waals surface area contributed by atoms with Crippen molar-refractivity contribution in [3.8, 4) is 0 Å². The first-order valence-corrected chi connectivity index (χ1v) is 8.70. The minimum atomic E-state index is -1.08. The van der Waals surface area contributed by atoms with Crippen LogP contribution in [0.1, 0.15) is 11.1 Å². The predicted molar refractivity (Wildman–Crippen MR) is 99.8 cm³/mol. The van der Waals surface area contributed by atoms with Gasteiger partial charge in [0.15, 0.2) is 0 Å². The Bertz CT molecular complexity index is 861. The molecule has 0 unspecified atom stereocenters. The van der Waals surface area contributed by atoms with Crippen molar-refractivity contribution < 1.29 is 14.7 Å². The zero-order valence-corrected chi connectivity index (χ0v) is 15.0. The van der Waals surface area contributed by atoms with E-state index in [1.165, 1.54) is 4.90 Å². The molecular weight excluding hydrogens is 358 g/mol. The zero-order chi connectivity index (χ0) is 18.0. The number of amides is 1. The number of carboxylic acid groups (broad SMARTS) is 1. The number of aryl methyl sites for hydroxylation is 1. The van der Waals surface area contributed by atoms with E-state index in [4.69, 9.17) is 12.2 Å². The summed E-state index contributed by atoms with van der Waals surface area (Å²) in [5.41, 5.74) is 1.60. The molecule has 1 aliphatic heterocycles. The maximum absolute atomic E-state index is 12.7. The van der Waals surface area contributed by atoms with Crippen LogP contribution in [-0.2, 0) is 23.1 Å². The monoisotopic (exact) mass is 373 g/mol. The van der Waals surface area contributed by atoms with Crippen LogP contribution in [-0.4, -0.2) is 42.0 Å². The van der Waals surface area contributed by atoms with Crippen LogP contribution in [0.2, 0.25) is 0 Å². The van der Waals surface area contributed by atoms with E-state index < -0.39 is 12.0 Å². The Kier molecular flexibility index (Phi) is 5.00. The lowest BCUT2D eigenvalue weighted by atomic mass is 10.0. The van der Waals surface area contributed by atoms with Crippen molar-refractivity contribution in [2.24, 2.45) is 7.05 Å². The molecule has 1 fully saturated rings. The summed E-state index contributed by atoms with van der Waals surface area (Å²) in [4.78, 5) is 26.1. The number of carboxylic acids is 1. The number of thiocarbonyl (C=S) groups is 1. The van der Waals surface area contributed by atoms with Gasteiger partial charge >= 0.3 is 5.97 Å². The molecule has 1 aromatic carbocycles. The van der Waals surface area contributed by atoms with E-state index >= 15 is 0 Å². The van der Waals surface area contributed by atoms with Crippen LogP contribution in [0.4, 0.5) is 0 Å². The molecule has 0 bridgehead atoms. The van der Waals surface area contributed by atoms with E-state index in [9.17, 15) is 14.7 Å². The van der Waals surface area contributed by atoms with Crippen molar-refractivity contribution in [3.63, 3.8) is 0 Å². The molecule has 1 amide bonds. The molecule has 25 heavy (non-hydrogen) atoms. The number of rotatable bonds is 5. The van der Waals surface area contributed by atoms with Crippen LogP contribution in [0.15, 0.2) is 47.6 Å². The van der Waals surface area contributed by atoms with Gasteiger partial charge in [0.25, 0.3) is 5.91 Å². The van der Waals surface area contributed by atoms with Gasteiger partial charge in [0.05, 0.1) is 11.1 Å². The molecule has 6 nitrogen and oxygen atoms in total. The molecular formula is C17H15N3O3S2. The van der Waals surface area contributed by atoms with Crippen molar-refractivity contribution in [1.29, 1.82) is 0 Å². The van der Waals surface area contributed by atoms with E-state index in [1.807, 2.05) is 30.3 Å². The second-order valence-electron chi connectivity index (χ2n) is 5.54. The third-order valence-electron chi connectivity index (χ3n) is 3.71. The quantitative estimate of drug-likeness (QED) is 0.640. The Morgan fingerprint density at radius 1 is 1.40 bits per heavy atom. The standard InChI is InChI=1S/C17H15N3O3S2/c1-19-10-12(9-18-19)8-14-15(21)20(17(24)25-14)13(16(22)23)7-11-5-3-2-4-6-11/h2-6,8-10,13H,7H2,1H3,(H,22,23)/b14-8+/t13-/m0/s1. The first-order chi connectivity index (χ1) is 12.0. The highest BCUT2D eigenvalue weighted by Crippen LogP contribution is 2.34. The number of aromatic nitrogens is 2. The van der Waals surface area contributed by atoms with E-state index in [0.717, 1.165) is 22.9 Å². The van der Waals surface area contributed by atoms with Gasteiger partial charge in [0.1, 0.15) is 10.4 Å². The summed E-state index contributed by atoms with van der Waals surface area (Å²) in [6, 6.07) is 8.16. The molecule has 1 aromatic heterocycles. The van der Waals surface area contributed by atoms with Crippen molar-refractivity contribution >= 4 is 46.3 Å². The molecule has 0 aliphatic carbocycles. The minimum absolute atomic E-state index is 0.197. The summed E-state index contributed by atoms with van der Waals surface area (Å²) in [6.07, 6.45) is 5.27. The highest BCUT2D eigenvalue weighted by atomic mass is 32.2. The number of hydrogen-bond donors (Lipinski definition) is 1. The lowest BCUT2D eigenvalue weighted by molar-refractivity contribution is -0.145. The number of nitrogens with zero attached hydrogens (tertiary/aromatic N) is 3. The normalized spacial score (nSPS) is 17.3. The number of carbonyl (C=O) groups excluding carboxylic acids is 1. The third-order valence-corrected chi connectivity index (χ3v) is 5.05. The fourth-order valence-corrected chi connectivity index (χ4v) is 3.90. The lowest BCUT2D eigenvalue weighted by Crippen LogP contribution is -2.45. The van der Waals surface area contributed by atoms with Crippen LogP contribution < -0.4 is 0 Å². The first-order valence-electron chi connectivity index (χ1n) is 7.48. The predicted octanol–water partition coefficient (Wildman–Crippen LogP) is 2.32. The molecule has 1 saturated heterocycles. The molecule has 1 aliphatic rings. The largest absolute Gasteiger partial charge is 0.480 e. The fourth-order valence-electron chi connectivity index (χ4n) is 2.54. The number of aliphatic carboxylic acids is 1. The number of carbonyl (C=O) groups is 2. The Balaban J connectivity index is 1.86. The van der Waals surface area contributed by atoms with Crippen LogP contribution >= 0.6 is 24.0 Å². The van der Waals surface area contributed by atoms with Crippen molar-refractivity contribution in [1.82, 2.24) is 14.7 Å². The van der Waals surface area contributed by atoms with Crippen molar-refractivity contribution in [2.45, 2.75) is 12.5 Å². The number of hydrogen-bond acceptors (Lipinski definition) is 5. The molecule has 2 heterocycles. The Hall–Kier alpha value is -2.45. The maximum atomic E-state index is 12.7. The molecule has 0 spiro atoms. The maximum Gasteiger partial charge on any atom is 0.327 e. The lowest BCUT2D eigenvalue weighted by Gasteiger charge is -2.23. The average molecular weight is 373 g/mol. The Labute approximate surface area is 154 Å². The van der Waals surface area contributed by atoms with Crippen LogP contribution in [0, 0.1) is 0 Å². The summed E-state index contributed by atoms with van der Waals surface area (Å²) in [5, 5.41) is 13.7. The SMILES string of the molecule is Cn1cc(/C=C2/SC(=S)N([C@@H](Cc3ccccc3)C(=O)O)C2=O)cn1. The summed E-state index contributed by atoms with van der Waals surface area (Å²) in [6.45, 7) is 0. The van der Waals surface area contributed by atoms with E-state index in [1.54, 1.807) is 30.2 Å². The van der Waals surface area contributed by atoms with Gasteiger partial charge in [-0.2, -0.15) is 5.10 Å². The van der Waals surface area contributed by atoms with Gasteiger partial charge in [-0.3, -0.25) is 14.4 Å². The third kappa shape index (κ3) is 3.80. The van der Waals surface area contributed by atoms with Gasteiger partial charge in [-0.1, -0.05) is 54.3 Å². The molecule has 1 N–H and O–H groups in total. The fraction of sp³-hybridized carbons (Fsp3) is 0.176. The number of thioether (sulfide) groups is 1. The molecule has 128 valence electrons. The van der Waals surface area contributed by atoms with E-state index in [2.05, 4.69) is 5.10 Å². The van der Waals surface area contributed by atoms with Gasteiger partial charge in [-0.25, -0.2) is 4.79 Å². The molecule has 0 saturated carbocycles. The Morgan fingerprint density at radius 3 is 2.72 bits per heavy atom. The molecule has 2 aromatic rings. The summed E-state index contributed by atoms with van der Waals surface area (Å²) >= 11 is 6.38. The van der Waals surface area contributed by atoms with Crippen LogP contribution in [0.3, 0.4) is 0 Å². The van der Waals surface area contributed by atoms with Crippen molar-refractivity contribution in [2.75, 3.05) is 0 Å². The topological polar surface area (TPSA) is 75.4 Å². The van der Waals surface area contributed by atoms with Gasteiger partial charge in [-0.05, 0) is 11.6 Å². The summed E-state index contributed by atoms with van der Waals surface area (Å²) in [5.74, 6) is -1.47. The van der Waals surface area contributed by atoms with E-state index in [-0.39, 0.29) is 16.6 Å². The molecule has 0 radical (unpaired) electrons. The number of benzene rings is 1. The zero-order valence-electron chi connectivity index (χ0n) is 13.3. The molecule has 1 atom stereocenters. The van der Waals surface area contributed by atoms with Gasteiger partial charge in [-0.15, -0.1) is 0 Å². The summed E-state index contributed by atoms with van der Waals surface area (Å²) < 4.78 is 1.88. The van der Waals surface area contributed by atoms with Gasteiger partial charge < -0.3 is 5.11 Å².